The number of pyridine rings is 1. The molecule has 0 spiro atoms. The third-order valence-electron chi connectivity index (χ3n) is 1.25. The van der Waals surface area contributed by atoms with Crippen LogP contribution in [0.2, 0.25) is 0 Å². The lowest BCUT2D eigenvalue weighted by molar-refractivity contribution is 0.615. The van der Waals surface area contributed by atoms with Crippen molar-refractivity contribution in [3.05, 3.63) is 30.8 Å². The first-order valence-corrected chi connectivity index (χ1v) is 2.74. The average Bonchev–Trinajstić information content (AvgIpc) is 2.33. The van der Waals surface area contributed by atoms with Crippen LogP contribution in [0.15, 0.2) is 35.2 Å². The molecule has 2 rings (SSSR count). The van der Waals surface area contributed by atoms with Crippen LogP contribution in [0.25, 0.3) is 11.0 Å². The molecule has 2 nitrogen and oxygen atoms in total. The minimum absolute atomic E-state index is 0. The molecule has 0 aliphatic rings. The number of hydrogen-bond donors (Lipinski definition) is 0. The van der Waals surface area contributed by atoms with Crippen molar-refractivity contribution in [1.82, 2.24) is 4.98 Å². The highest BCUT2D eigenvalue weighted by Gasteiger charge is 1.90. The first-order chi connectivity index (χ1) is 4.47. The Bertz CT molecular complexity index is 288. The summed E-state index contributed by atoms with van der Waals surface area (Å²) < 4.78 is 5.08. The highest BCUT2D eigenvalue weighted by Crippen LogP contribution is 2.11. The van der Waals surface area contributed by atoms with Crippen LogP contribution >= 0.6 is 12.4 Å². The van der Waals surface area contributed by atoms with Gasteiger partial charge in [-0.25, -0.2) is 0 Å². The molecule has 0 fully saturated rings. The molecule has 0 unspecified atom stereocenters. The number of fused-ring (bicyclic) bond motifs is 1. The Labute approximate surface area is 64.3 Å². The van der Waals surface area contributed by atoms with E-state index < -0.39 is 0 Å². The summed E-state index contributed by atoms with van der Waals surface area (Å²) in [4.78, 5) is 3.93. The number of aromatic nitrogens is 1. The van der Waals surface area contributed by atoms with Crippen molar-refractivity contribution in [2.24, 2.45) is 0 Å². The van der Waals surface area contributed by atoms with Crippen molar-refractivity contribution in [3.8, 4) is 0 Å². The molecule has 0 bridgehead atoms. The van der Waals surface area contributed by atoms with Crippen LogP contribution < -0.4 is 0 Å². The molecule has 0 amide bonds. The Kier molecular flexibility index (Phi) is 1.92. The molecule has 0 radical (unpaired) electrons. The summed E-state index contributed by atoms with van der Waals surface area (Å²) in [5, 5.41) is 1.05. The monoisotopic (exact) mass is 155 g/mol. The van der Waals surface area contributed by atoms with E-state index in [0.29, 0.717) is 0 Å². The van der Waals surface area contributed by atoms with Crippen molar-refractivity contribution in [2.45, 2.75) is 0 Å². The summed E-state index contributed by atoms with van der Waals surface area (Å²) in [6, 6.07) is 3.73. The fourth-order valence-corrected chi connectivity index (χ4v) is 0.807. The van der Waals surface area contributed by atoms with Gasteiger partial charge in [0.1, 0.15) is 5.58 Å². The maximum atomic E-state index is 5.08. The van der Waals surface area contributed by atoms with Crippen molar-refractivity contribution >= 4 is 23.4 Å². The molecular formula is C7H6ClNO. The van der Waals surface area contributed by atoms with Crippen LogP contribution in [0.4, 0.5) is 0 Å². The molecule has 2 heterocycles. The second-order valence-corrected chi connectivity index (χ2v) is 1.83. The molecule has 0 N–H and O–H groups in total. The van der Waals surface area contributed by atoms with Crippen LogP contribution in [0.3, 0.4) is 0 Å². The Morgan fingerprint density at radius 3 is 3.00 bits per heavy atom. The van der Waals surface area contributed by atoms with Gasteiger partial charge in [0.2, 0.25) is 0 Å². The molecule has 0 aliphatic heterocycles. The molecule has 2 aromatic rings. The summed E-state index contributed by atoms with van der Waals surface area (Å²) in [5.74, 6) is 0. The van der Waals surface area contributed by atoms with Gasteiger partial charge in [0, 0.05) is 17.8 Å². The van der Waals surface area contributed by atoms with Crippen LogP contribution in [0.1, 0.15) is 0 Å². The molecule has 0 aliphatic carbocycles. The van der Waals surface area contributed by atoms with Gasteiger partial charge in [-0.05, 0) is 12.1 Å². The van der Waals surface area contributed by atoms with E-state index >= 15 is 0 Å². The third kappa shape index (κ3) is 0.977. The fourth-order valence-electron chi connectivity index (χ4n) is 0.807. The van der Waals surface area contributed by atoms with E-state index in [9.17, 15) is 0 Å². The van der Waals surface area contributed by atoms with Crippen molar-refractivity contribution in [2.75, 3.05) is 0 Å². The van der Waals surface area contributed by atoms with Gasteiger partial charge in [0.05, 0.1) is 6.26 Å². The van der Waals surface area contributed by atoms with Crippen LogP contribution in [-0.4, -0.2) is 4.98 Å². The standard InChI is InChI=1S/C7H5NO.ClH/c1-3-8-5-6-2-4-9-7(1)6;/h1-5H;1H. The predicted octanol–water partition coefficient (Wildman–Crippen LogP) is 2.25. The third-order valence-corrected chi connectivity index (χ3v) is 1.25. The second kappa shape index (κ2) is 2.71. The highest BCUT2D eigenvalue weighted by molar-refractivity contribution is 5.85. The summed E-state index contributed by atoms with van der Waals surface area (Å²) in [7, 11) is 0. The lowest BCUT2D eigenvalue weighted by Gasteiger charge is -1.80. The van der Waals surface area contributed by atoms with E-state index in [2.05, 4.69) is 4.98 Å². The largest absolute Gasteiger partial charge is 0.464 e. The smallest absolute Gasteiger partial charge is 0.136 e. The van der Waals surface area contributed by atoms with E-state index in [-0.39, 0.29) is 12.4 Å². The van der Waals surface area contributed by atoms with E-state index in [0.717, 1.165) is 11.0 Å². The Morgan fingerprint density at radius 1 is 1.30 bits per heavy atom. The van der Waals surface area contributed by atoms with Crippen molar-refractivity contribution in [1.29, 1.82) is 0 Å². The molecule has 0 atom stereocenters. The van der Waals surface area contributed by atoms with Crippen molar-refractivity contribution < 1.29 is 4.42 Å². The molecule has 10 heavy (non-hydrogen) atoms. The lowest BCUT2D eigenvalue weighted by Crippen LogP contribution is -1.65. The number of halogens is 1. The zero-order chi connectivity index (χ0) is 6.10. The topological polar surface area (TPSA) is 26.0 Å². The zero-order valence-electron chi connectivity index (χ0n) is 5.15. The van der Waals surface area contributed by atoms with Gasteiger partial charge in [0.25, 0.3) is 0 Å². The van der Waals surface area contributed by atoms with E-state index in [1.54, 1.807) is 18.7 Å². The number of hydrogen-bond acceptors (Lipinski definition) is 2. The zero-order valence-corrected chi connectivity index (χ0v) is 5.97. The minimum atomic E-state index is 0. The number of rotatable bonds is 0. The Hall–Kier alpha value is -1.02. The number of furan rings is 1. The van der Waals surface area contributed by atoms with Gasteiger partial charge < -0.3 is 4.42 Å². The second-order valence-electron chi connectivity index (χ2n) is 1.83. The average molecular weight is 156 g/mol. The minimum Gasteiger partial charge on any atom is -0.464 e. The van der Waals surface area contributed by atoms with Gasteiger partial charge in [-0.3, -0.25) is 4.98 Å². The number of nitrogens with zero attached hydrogens (tertiary/aromatic N) is 1. The molecule has 0 saturated carbocycles. The van der Waals surface area contributed by atoms with Crippen LogP contribution in [-0.2, 0) is 0 Å². The quantitative estimate of drug-likeness (QED) is 0.583. The molecule has 0 saturated heterocycles. The highest BCUT2D eigenvalue weighted by atomic mass is 35.5. The molecule has 3 heteroatoms. The summed E-state index contributed by atoms with van der Waals surface area (Å²) in [5.41, 5.74) is 0.894. The van der Waals surface area contributed by atoms with Gasteiger partial charge in [0.15, 0.2) is 0 Å². The van der Waals surface area contributed by atoms with E-state index in [4.69, 9.17) is 4.42 Å². The van der Waals surface area contributed by atoms with Crippen LogP contribution in [0.5, 0.6) is 0 Å². The molecule has 0 aromatic carbocycles. The maximum absolute atomic E-state index is 5.08. The molecule has 52 valence electrons. The molecular weight excluding hydrogens is 150 g/mol. The Morgan fingerprint density at radius 2 is 2.20 bits per heavy atom. The van der Waals surface area contributed by atoms with Crippen LogP contribution in [0, 0.1) is 0 Å². The fraction of sp³-hybridized carbons (Fsp3) is 0. The SMILES string of the molecule is Cl.c1cc2occc2cn1. The first kappa shape index (κ1) is 7.09. The van der Waals surface area contributed by atoms with Gasteiger partial charge in [-0.2, -0.15) is 0 Å². The maximum Gasteiger partial charge on any atom is 0.136 e. The van der Waals surface area contributed by atoms with E-state index in [1.165, 1.54) is 0 Å². The Balaban J connectivity index is 0.000000500. The normalized spacial score (nSPS) is 9.20. The van der Waals surface area contributed by atoms with Crippen molar-refractivity contribution in [3.63, 3.8) is 0 Å². The van der Waals surface area contributed by atoms with E-state index in [1.807, 2.05) is 12.1 Å². The van der Waals surface area contributed by atoms with Gasteiger partial charge in [-0.1, -0.05) is 0 Å². The molecule has 2 aromatic heterocycles. The summed E-state index contributed by atoms with van der Waals surface area (Å²) >= 11 is 0. The van der Waals surface area contributed by atoms with Gasteiger partial charge in [-0.15, -0.1) is 12.4 Å². The summed E-state index contributed by atoms with van der Waals surface area (Å²) in [6.07, 6.45) is 5.15. The lowest BCUT2D eigenvalue weighted by atomic mass is 10.3. The predicted molar refractivity (Wildman–Crippen MR) is 41.3 cm³/mol. The summed E-state index contributed by atoms with van der Waals surface area (Å²) in [6.45, 7) is 0. The first-order valence-electron chi connectivity index (χ1n) is 2.74. The van der Waals surface area contributed by atoms with Gasteiger partial charge >= 0.3 is 0 Å².